The zero-order valence-corrected chi connectivity index (χ0v) is 20.0. The Balaban J connectivity index is 1.24. The number of aryl methyl sites for hydroxylation is 2. The third kappa shape index (κ3) is 6.80. The highest BCUT2D eigenvalue weighted by Crippen LogP contribution is 2.23. The maximum absolute atomic E-state index is 12.5. The van der Waals surface area contributed by atoms with Crippen molar-refractivity contribution in [3.8, 4) is 5.75 Å². The smallest absolute Gasteiger partial charge is 0.251 e. The first kappa shape index (κ1) is 24.7. The van der Waals surface area contributed by atoms with E-state index in [1.54, 1.807) is 18.3 Å². The number of aromatic nitrogens is 2. The highest BCUT2D eigenvalue weighted by molar-refractivity contribution is 5.94. The SMILES string of the molecule is Cc1ncoc1COc1ccc(CC[C@H](O)CNC(=O)c2ccnc(NC3CCC3)c2)c(CN)c1. The molecule has 0 unspecified atom stereocenters. The van der Waals surface area contributed by atoms with Gasteiger partial charge in [0.05, 0.1) is 11.8 Å². The summed E-state index contributed by atoms with van der Waals surface area (Å²) < 4.78 is 11.1. The number of amides is 1. The molecule has 2 aromatic heterocycles. The van der Waals surface area contributed by atoms with Gasteiger partial charge in [0, 0.05) is 30.9 Å². The minimum atomic E-state index is -0.677. The number of nitrogens with one attached hydrogen (secondary N) is 2. The molecule has 1 saturated carbocycles. The molecule has 1 fully saturated rings. The van der Waals surface area contributed by atoms with E-state index in [0.29, 0.717) is 54.9 Å². The quantitative estimate of drug-likeness (QED) is 0.311. The van der Waals surface area contributed by atoms with Crippen LogP contribution in [-0.4, -0.2) is 39.7 Å². The molecule has 9 heteroatoms. The third-order valence-corrected chi connectivity index (χ3v) is 6.34. The summed E-state index contributed by atoms with van der Waals surface area (Å²) in [6.07, 6.45) is 6.97. The van der Waals surface area contributed by atoms with Gasteiger partial charge in [0.2, 0.25) is 0 Å². The second-order valence-electron chi connectivity index (χ2n) is 8.89. The predicted molar refractivity (Wildman–Crippen MR) is 132 cm³/mol. The number of rotatable bonds is 12. The lowest BCUT2D eigenvalue weighted by atomic mass is 9.93. The fourth-order valence-electron chi connectivity index (χ4n) is 3.89. The van der Waals surface area contributed by atoms with E-state index >= 15 is 0 Å². The number of aliphatic hydroxyl groups excluding tert-OH is 1. The van der Waals surface area contributed by atoms with E-state index in [2.05, 4.69) is 20.6 Å². The summed E-state index contributed by atoms with van der Waals surface area (Å²) in [7, 11) is 0. The predicted octanol–water partition coefficient (Wildman–Crippen LogP) is 3.10. The number of oxazole rings is 1. The van der Waals surface area contributed by atoms with Crippen molar-refractivity contribution in [2.75, 3.05) is 11.9 Å². The van der Waals surface area contributed by atoms with Crippen molar-refractivity contribution in [1.29, 1.82) is 0 Å². The van der Waals surface area contributed by atoms with Gasteiger partial charge in [-0.15, -0.1) is 0 Å². The minimum Gasteiger partial charge on any atom is -0.486 e. The first-order chi connectivity index (χ1) is 17.0. The van der Waals surface area contributed by atoms with Crippen molar-refractivity contribution in [2.24, 2.45) is 5.73 Å². The zero-order valence-electron chi connectivity index (χ0n) is 20.0. The number of ether oxygens (including phenoxy) is 1. The van der Waals surface area contributed by atoms with Gasteiger partial charge in [0.25, 0.3) is 5.91 Å². The minimum absolute atomic E-state index is 0.169. The molecule has 0 aliphatic heterocycles. The topological polar surface area (TPSA) is 136 Å². The van der Waals surface area contributed by atoms with Crippen LogP contribution in [0.15, 0.2) is 47.3 Å². The Morgan fingerprint density at radius 1 is 1.26 bits per heavy atom. The summed E-state index contributed by atoms with van der Waals surface area (Å²) in [4.78, 5) is 20.9. The van der Waals surface area contributed by atoms with Gasteiger partial charge < -0.3 is 30.6 Å². The van der Waals surface area contributed by atoms with E-state index in [0.717, 1.165) is 29.7 Å². The molecule has 2 heterocycles. The van der Waals surface area contributed by atoms with Crippen LogP contribution < -0.4 is 21.1 Å². The normalized spacial score (nSPS) is 14.3. The Bertz CT molecular complexity index is 1130. The van der Waals surface area contributed by atoms with Crippen LogP contribution in [-0.2, 0) is 19.6 Å². The van der Waals surface area contributed by atoms with Gasteiger partial charge in [0.1, 0.15) is 18.2 Å². The number of hydrogen-bond acceptors (Lipinski definition) is 8. The maximum Gasteiger partial charge on any atom is 0.251 e. The van der Waals surface area contributed by atoms with Crippen LogP contribution >= 0.6 is 0 Å². The van der Waals surface area contributed by atoms with Crippen molar-refractivity contribution >= 4 is 11.7 Å². The first-order valence-electron chi connectivity index (χ1n) is 12.0. The molecular weight excluding hydrogens is 446 g/mol. The van der Waals surface area contributed by atoms with Gasteiger partial charge in [-0.2, -0.15) is 0 Å². The van der Waals surface area contributed by atoms with Crippen molar-refractivity contribution in [3.63, 3.8) is 0 Å². The van der Waals surface area contributed by atoms with E-state index in [-0.39, 0.29) is 12.5 Å². The van der Waals surface area contributed by atoms with Crippen LogP contribution in [0.2, 0.25) is 0 Å². The number of nitrogens with zero attached hydrogens (tertiary/aromatic N) is 2. The summed E-state index contributed by atoms with van der Waals surface area (Å²) in [5.74, 6) is 1.86. The number of aliphatic hydroxyl groups is 1. The fraction of sp³-hybridized carbons (Fsp3) is 0.423. The number of carbonyl (C=O) groups excluding carboxylic acids is 1. The number of pyridine rings is 1. The molecule has 3 aromatic rings. The second-order valence-corrected chi connectivity index (χ2v) is 8.89. The van der Waals surface area contributed by atoms with Gasteiger partial charge in [-0.25, -0.2) is 9.97 Å². The van der Waals surface area contributed by atoms with Crippen molar-refractivity contribution in [1.82, 2.24) is 15.3 Å². The summed E-state index contributed by atoms with van der Waals surface area (Å²) in [5.41, 5.74) is 9.27. The molecule has 1 aliphatic rings. The largest absolute Gasteiger partial charge is 0.486 e. The molecule has 1 aliphatic carbocycles. The van der Waals surface area contributed by atoms with Gasteiger partial charge in [0.15, 0.2) is 12.2 Å². The lowest BCUT2D eigenvalue weighted by molar-refractivity contribution is 0.0911. The highest BCUT2D eigenvalue weighted by Gasteiger charge is 2.18. The number of benzene rings is 1. The second kappa shape index (κ2) is 11.8. The van der Waals surface area contributed by atoms with Crippen LogP contribution in [0.3, 0.4) is 0 Å². The van der Waals surface area contributed by atoms with Crippen LogP contribution in [0, 0.1) is 6.92 Å². The molecule has 9 nitrogen and oxygen atoms in total. The molecule has 0 spiro atoms. The van der Waals surface area contributed by atoms with E-state index < -0.39 is 6.10 Å². The van der Waals surface area contributed by atoms with Crippen LogP contribution in [0.25, 0.3) is 0 Å². The molecular formula is C26H33N5O4. The number of hydrogen-bond donors (Lipinski definition) is 4. The molecule has 0 bridgehead atoms. The van der Waals surface area contributed by atoms with Gasteiger partial charge >= 0.3 is 0 Å². The lowest BCUT2D eigenvalue weighted by Crippen LogP contribution is -2.32. The maximum atomic E-state index is 12.5. The molecule has 0 radical (unpaired) electrons. The van der Waals surface area contributed by atoms with Crippen molar-refractivity contribution < 1.29 is 19.1 Å². The Labute approximate surface area is 205 Å². The van der Waals surface area contributed by atoms with E-state index in [9.17, 15) is 9.90 Å². The Kier molecular flexibility index (Phi) is 8.33. The van der Waals surface area contributed by atoms with E-state index in [4.69, 9.17) is 14.9 Å². The monoisotopic (exact) mass is 479 g/mol. The molecule has 1 atom stereocenters. The van der Waals surface area contributed by atoms with Gasteiger partial charge in [-0.05, 0) is 74.4 Å². The number of nitrogens with two attached hydrogens (primary N) is 1. The Morgan fingerprint density at radius 2 is 2.11 bits per heavy atom. The van der Waals surface area contributed by atoms with Crippen LogP contribution in [0.1, 0.15) is 58.6 Å². The summed E-state index contributed by atoms with van der Waals surface area (Å²) in [6.45, 7) is 2.69. The molecule has 5 N–H and O–H groups in total. The van der Waals surface area contributed by atoms with E-state index in [1.165, 1.54) is 12.8 Å². The number of anilines is 1. The molecule has 186 valence electrons. The molecule has 4 rings (SSSR count). The Morgan fingerprint density at radius 3 is 2.83 bits per heavy atom. The standard InChI is InChI=1S/C26H33N5O4/c1-17-24(35-16-30-17)15-34-23-8-6-18(20(11-23)13-27)5-7-22(32)14-29-26(33)19-9-10-28-25(12-19)31-21-3-2-4-21/h6,8-12,16,21-22,32H,2-5,7,13-15,27H2,1H3,(H,28,31)(H,29,33)/t22-/m0/s1. The average Bonchev–Trinajstić information content (AvgIpc) is 3.27. The molecule has 1 amide bonds. The Hall–Kier alpha value is -3.43. The van der Waals surface area contributed by atoms with E-state index in [1.807, 2.05) is 25.1 Å². The zero-order chi connectivity index (χ0) is 24.6. The fourth-order valence-corrected chi connectivity index (χ4v) is 3.89. The molecule has 0 saturated heterocycles. The molecule has 35 heavy (non-hydrogen) atoms. The average molecular weight is 480 g/mol. The number of carbonyl (C=O) groups is 1. The van der Waals surface area contributed by atoms with Crippen molar-refractivity contribution in [3.05, 3.63) is 71.1 Å². The van der Waals surface area contributed by atoms with Crippen molar-refractivity contribution in [2.45, 2.75) is 64.3 Å². The summed E-state index contributed by atoms with van der Waals surface area (Å²) in [6, 6.07) is 9.62. The third-order valence-electron chi connectivity index (χ3n) is 6.34. The highest BCUT2D eigenvalue weighted by atomic mass is 16.5. The lowest BCUT2D eigenvalue weighted by Gasteiger charge is -2.26. The summed E-state index contributed by atoms with van der Waals surface area (Å²) in [5, 5.41) is 16.6. The molecule has 1 aromatic carbocycles. The van der Waals surface area contributed by atoms with Crippen LogP contribution in [0.4, 0.5) is 5.82 Å². The first-order valence-corrected chi connectivity index (χ1v) is 12.0. The summed E-state index contributed by atoms with van der Waals surface area (Å²) >= 11 is 0. The van der Waals surface area contributed by atoms with Gasteiger partial charge in [-0.1, -0.05) is 6.07 Å². The van der Waals surface area contributed by atoms with Gasteiger partial charge in [-0.3, -0.25) is 4.79 Å². The van der Waals surface area contributed by atoms with Crippen LogP contribution in [0.5, 0.6) is 5.75 Å².